The number of nitrogens with two attached hydrogens (primary N) is 1. The second kappa shape index (κ2) is 3.75. The maximum atomic E-state index is 10.9. The molecule has 0 aromatic heterocycles. The average molecular weight is 239 g/mol. The van der Waals surface area contributed by atoms with Crippen molar-refractivity contribution in [2.24, 2.45) is 5.90 Å². The van der Waals surface area contributed by atoms with Crippen molar-refractivity contribution in [3.63, 3.8) is 0 Å². The lowest BCUT2D eigenvalue weighted by atomic mass is 10.1. The van der Waals surface area contributed by atoms with Gasteiger partial charge in [-0.15, -0.1) is 0 Å². The summed E-state index contributed by atoms with van der Waals surface area (Å²) in [4.78, 5) is 4.41. The van der Waals surface area contributed by atoms with Crippen LogP contribution in [0, 0.1) is 0 Å². The topological polar surface area (TPSA) is 89.6 Å². The molecule has 0 amide bonds. The fraction of sp³-hybridized carbons (Fsp3) is 0. The van der Waals surface area contributed by atoms with Gasteiger partial charge in [0.1, 0.15) is 5.75 Å². The lowest BCUT2D eigenvalue weighted by Gasteiger charge is -2.03. The highest BCUT2D eigenvalue weighted by Gasteiger charge is 2.09. The number of hydrogen-bond acceptors (Lipinski definition) is 4. The first kappa shape index (κ1) is 10.9. The van der Waals surface area contributed by atoms with Crippen LogP contribution in [0.3, 0.4) is 0 Å². The van der Waals surface area contributed by atoms with Crippen molar-refractivity contribution >= 4 is 20.9 Å². The van der Waals surface area contributed by atoms with E-state index >= 15 is 0 Å². The molecule has 2 rings (SSSR count). The van der Waals surface area contributed by atoms with E-state index in [2.05, 4.69) is 4.84 Å². The van der Waals surface area contributed by atoms with Crippen LogP contribution in [-0.4, -0.2) is 13.0 Å². The fourth-order valence-electron chi connectivity index (χ4n) is 1.44. The van der Waals surface area contributed by atoms with Crippen molar-refractivity contribution in [2.75, 3.05) is 0 Å². The van der Waals surface area contributed by atoms with E-state index in [0.29, 0.717) is 11.1 Å². The van der Waals surface area contributed by atoms with E-state index in [-0.39, 0.29) is 4.90 Å². The molecule has 5 nitrogen and oxygen atoms in total. The van der Waals surface area contributed by atoms with Gasteiger partial charge in [-0.25, -0.2) is 0 Å². The zero-order chi connectivity index (χ0) is 11.8. The van der Waals surface area contributed by atoms with Crippen LogP contribution in [-0.2, 0) is 10.1 Å². The Morgan fingerprint density at radius 1 is 1.06 bits per heavy atom. The van der Waals surface area contributed by atoms with Crippen molar-refractivity contribution in [3.8, 4) is 5.75 Å². The fourth-order valence-corrected chi connectivity index (χ4v) is 1.95. The summed E-state index contributed by atoms with van der Waals surface area (Å²) in [6, 6.07) is 9.20. The molecular weight excluding hydrogens is 230 g/mol. The van der Waals surface area contributed by atoms with Crippen LogP contribution < -0.4 is 10.7 Å². The van der Waals surface area contributed by atoms with Crippen molar-refractivity contribution in [1.82, 2.24) is 0 Å². The Kier molecular flexibility index (Phi) is 2.55. The molecule has 2 aromatic rings. The van der Waals surface area contributed by atoms with Gasteiger partial charge in [0.15, 0.2) is 0 Å². The molecule has 0 saturated carbocycles. The minimum absolute atomic E-state index is 0.138. The normalized spacial score (nSPS) is 11.6. The van der Waals surface area contributed by atoms with E-state index in [4.69, 9.17) is 10.4 Å². The number of benzene rings is 2. The summed E-state index contributed by atoms with van der Waals surface area (Å²) in [5.41, 5.74) is 0. The summed E-state index contributed by atoms with van der Waals surface area (Å²) in [6.45, 7) is 0. The Labute approximate surface area is 92.1 Å². The molecule has 0 aliphatic carbocycles. The molecule has 16 heavy (non-hydrogen) atoms. The lowest BCUT2D eigenvalue weighted by molar-refractivity contribution is 0.335. The van der Waals surface area contributed by atoms with Gasteiger partial charge in [0, 0.05) is 0 Å². The predicted molar refractivity (Wildman–Crippen MR) is 58.6 cm³/mol. The molecule has 0 fully saturated rings. The summed E-state index contributed by atoms with van der Waals surface area (Å²) >= 11 is 0. The van der Waals surface area contributed by atoms with Gasteiger partial charge < -0.3 is 4.84 Å². The van der Waals surface area contributed by atoms with Crippen molar-refractivity contribution in [2.45, 2.75) is 4.90 Å². The standard InChI is InChI=1S/C10H9NO4S/c11-15-9-3-1-8-6-10(16(12,13)14)4-2-7(8)5-9/h1-6H,11H2,(H,12,13,14). The highest BCUT2D eigenvalue weighted by Crippen LogP contribution is 2.23. The van der Waals surface area contributed by atoms with Gasteiger partial charge in [0.05, 0.1) is 4.90 Å². The van der Waals surface area contributed by atoms with Gasteiger partial charge >= 0.3 is 0 Å². The SMILES string of the molecule is NOc1ccc2cc(S(=O)(=O)O)ccc2c1. The Balaban J connectivity index is 2.65. The minimum atomic E-state index is -4.17. The summed E-state index contributed by atoms with van der Waals surface area (Å²) in [6.07, 6.45) is 0. The Hall–Kier alpha value is -1.63. The van der Waals surface area contributed by atoms with Gasteiger partial charge in [-0.1, -0.05) is 12.1 Å². The Morgan fingerprint density at radius 3 is 2.31 bits per heavy atom. The molecule has 2 aromatic carbocycles. The second-order valence-electron chi connectivity index (χ2n) is 3.26. The molecule has 0 aliphatic heterocycles. The molecule has 0 spiro atoms. The zero-order valence-corrected chi connectivity index (χ0v) is 8.94. The highest BCUT2D eigenvalue weighted by molar-refractivity contribution is 7.85. The zero-order valence-electron chi connectivity index (χ0n) is 8.12. The van der Waals surface area contributed by atoms with Crippen LogP contribution in [0.4, 0.5) is 0 Å². The summed E-state index contributed by atoms with van der Waals surface area (Å²) in [7, 11) is -4.17. The summed E-state index contributed by atoms with van der Waals surface area (Å²) < 4.78 is 30.7. The van der Waals surface area contributed by atoms with Gasteiger partial charge in [0.2, 0.25) is 0 Å². The smallest absolute Gasteiger partial charge is 0.294 e. The molecule has 6 heteroatoms. The van der Waals surface area contributed by atoms with Crippen LogP contribution >= 0.6 is 0 Å². The Morgan fingerprint density at radius 2 is 1.69 bits per heavy atom. The summed E-state index contributed by atoms with van der Waals surface area (Å²) in [5, 5.41) is 1.45. The lowest BCUT2D eigenvalue weighted by Crippen LogP contribution is -2.01. The first-order valence-corrected chi connectivity index (χ1v) is 5.83. The third-order valence-electron chi connectivity index (χ3n) is 2.22. The molecule has 3 N–H and O–H groups in total. The molecule has 0 heterocycles. The van der Waals surface area contributed by atoms with Crippen LogP contribution in [0.25, 0.3) is 10.8 Å². The first-order chi connectivity index (χ1) is 7.50. The Bertz CT molecular complexity index is 636. The van der Waals surface area contributed by atoms with Gasteiger partial charge in [-0.2, -0.15) is 14.3 Å². The molecule has 0 radical (unpaired) electrons. The first-order valence-electron chi connectivity index (χ1n) is 4.39. The van der Waals surface area contributed by atoms with E-state index < -0.39 is 10.1 Å². The third kappa shape index (κ3) is 1.99. The van der Waals surface area contributed by atoms with Crippen molar-refractivity contribution < 1.29 is 17.8 Å². The minimum Gasteiger partial charge on any atom is -0.412 e. The van der Waals surface area contributed by atoms with Crippen LogP contribution in [0.5, 0.6) is 5.75 Å². The predicted octanol–water partition coefficient (Wildman–Crippen LogP) is 1.34. The quantitative estimate of drug-likeness (QED) is 0.609. The average Bonchev–Trinajstić information content (AvgIpc) is 2.26. The maximum Gasteiger partial charge on any atom is 0.294 e. The van der Waals surface area contributed by atoms with Crippen LogP contribution in [0.15, 0.2) is 41.3 Å². The number of rotatable bonds is 2. The largest absolute Gasteiger partial charge is 0.412 e. The van der Waals surface area contributed by atoms with Gasteiger partial charge in [-0.3, -0.25) is 4.55 Å². The van der Waals surface area contributed by atoms with Crippen LogP contribution in [0.1, 0.15) is 0 Å². The second-order valence-corrected chi connectivity index (χ2v) is 4.69. The van der Waals surface area contributed by atoms with Crippen molar-refractivity contribution in [1.29, 1.82) is 0 Å². The van der Waals surface area contributed by atoms with Crippen LogP contribution in [0.2, 0.25) is 0 Å². The van der Waals surface area contributed by atoms with E-state index in [0.717, 1.165) is 5.39 Å². The maximum absolute atomic E-state index is 10.9. The van der Waals surface area contributed by atoms with Gasteiger partial charge in [0.25, 0.3) is 10.1 Å². The van der Waals surface area contributed by atoms with E-state index in [1.54, 1.807) is 24.3 Å². The molecule has 0 unspecified atom stereocenters. The molecule has 0 saturated heterocycles. The van der Waals surface area contributed by atoms with Gasteiger partial charge in [-0.05, 0) is 35.0 Å². The molecule has 84 valence electrons. The summed E-state index contributed by atoms with van der Waals surface area (Å²) in [5.74, 6) is 5.48. The molecule has 0 aliphatic rings. The molecule has 0 atom stereocenters. The van der Waals surface area contributed by atoms with E-state index in [1.165, 1.54) is 12.1 Å². The van der Waals surface area contributed by atoms with E-state index in [1.807, 2.05) is 0 Å². The number of hydrogen-bond donors (Lipinski definition) is 2. The third-order valence-corrected chi connectivity index (χ3v) is 3.07. The van der Waals surface area contributed by atoms with Crippen molar-refractivity contribution in [3.05, 3.63) is 36.4 Å². The highest BCUT2D eigenvalue weighted by atomic mass is 32.2. The monoisotopic (exact) mass is 239 g/mol. The van der Waals surface area contributed by atoms with E-state index in [9.17, 15) is 8.42 Å². The number of fused-ring (bicyclic) bond motifs is 1. The molecule has 0 bridgehead atoms. The molecular formula is C10H9NO4S.